The molecule has 7 heteroatoms. The van der Waals surface area contributed by atoms with Crippen LogP contribution in [-0.4, -0.2) is 53.4 Å². The number of thioether (sulfide) groups is 1. The van der Waals surface area contributed by atoms with E-state index in [0.717, 1.165) is 38.2 Å². The van der Waals surface area contributed by atoms with Crippen LogP contribution in [-0.2, 0) is 11.3 Å². The SMILES string of the molecule is O=C(NC(CSCC1CCCCC1)C(=O)NC1CCN(Cc2ccccc2)CC1)c1cccc(Oc2ccccc2)c1. The number of likely N-dealkylation sites (tertiary alicyclic amines) is 1. The number of piperidine rings is 1. The molecular formula is C35H43N3O3S. The monoisotopic (exact) mass is 585 g/mol. The molecule has 0 aromatic heterocycles. The summed E-state index contributed by atoms with van der Waals surface area (Å²) in [4.78, 5) is 29.4. The van der Waals surface area contributed by atoms with Gasteiger partial charge in [-0.25, -0.2) is 0 Å². The average Bonchev–Trinajstić information content (AvgIpc) is 3.03. The molecule has 1 unspecified atom stereocenters. The van der Waals surface area contributed by atoms with E-state index < -0.39 is 6.04 Å². The molecule has 2 fully saturated rings. The molecule has 2 amide bonds. The molecule has 5 rings (SSSR count). The summed E-state index contributed by atoms with van der Waals surface area (Å²) < 4.78 is 5.93. The second-order valence-corrected chi connectivity index (χ2v) is 12.6. The van der Waals surface area contributed by atoms with Crippen LogP contribution in [0, 0.1) is 5.92 Å². The maximum absolute atomic E-state index is 13.6. The number of nitrogens with one attached hydrogen (secondary N) is 2. The van der Waals surface area contributed by atoms with Crippen molar-refractivity contribution < 1.29 is 14.3 Å². The normalized spacial score (nSPS) is 17.3. The van der Waals surface area contributed by atoms with Gasteiger partial charge in [0.2, 0.25) is 5.91 Å². The second kappa shape index (κ2) is 15.8. The van der Waals surface area contributed by atoms with E-state index in [0.29, 0.717) is 28.7 Å². The van der Waals surface area contributed by atoms with Crippen LogP contribution in [0.5, 0.6) is 11.5 Å². The first-order valence-corrected chi connectivity index (χ1v) is 16.6. The fourth-order valence-electron chi connectivity index (χ4n) is 5.84. The lowest BCUT2D eigenvalue weighted by atomic mass is 9.91. The molecule has 1 heterocycles. The van der Waals surface area contributed by atoms with Crippen molar-refractivity contribution in [3.05, 3.63) is 96.1 Å². The molecule has 1 aliphatic carbocycles. The van der Waals surface area contributed by atoms with Crippen LogP contribution in [0.15, 0.2) is 84.9 Å². The highest BCUT2D eigenvalue weighted by molar-refractivity contribution is 7.99. The van der Waals surface area contributed by atoms with Gasteiger partial charge in [-0.15, -0.1) is 0 Å². The molecule has 42 heavy (non-hydrogen) atoms. The topological polar surface area (TPSA) is 70.7 Å². The number of amides is 2. The predicted molar refractivity (Wildman–Crippen MR) is 171 cm³/mol. The molecule has 1 aliphatic heterocycles. The summed E-state index contributed by atoms with van der Waals surface area (Å²) >= 11 is 1.79. The fraction of sp³-hybridized carbons (Fsp3) is 0.429. The molecular weight excluding hydrogens is 542 g/mol. The summed E-state index contributed by atoms with van der Waals surface area (Å²) in [5, 5.41) is 6.33. The molecule has 222 valence electrons. The van der Waals surface area contributed by atoms with Gasteiger partial charge in [0.25, 0.3) is 5.91 Å². The van der Waals surface area contributed by atoms with Crippen molar-refractivity contribution in [2.45, 2.75) is 63.6 Å². The fourth-order valence-corrected chi connectivity index (χ4v) is 7.11. The minimum absolute atomic E-state index is 0.0855. The number of carbonyl (C=O) groups excluding carboxylic acids is 2. The van der Waals surface area contributed by atoms with E-state index in [-0.39, 0.29) is 17.9 Å². The highest BCUT2D eigenvalue weighted by atomic mass is 32.2. The van der Waals surface area contributed by atoms with Crippen LogP contribution in [0.3, 0.4) is 0 Å². The first-order chi connectivity index (χ1) is 20.6. The van der Waals surface area contributed by atoms with Gasteiger partial charge in [0.05, 0.1) is 0 Å². The molecule has 2 aliphatic rings. The van der Waals surface area contributed by atoms with Crippen LogP contribution in [0.4, 0.5) is 0 Å². The number of carbonyl (C=O) groups is 2. The summed E-state index contributed by atoms with van der Waals surface area (Å²) in [6.45, 7) is 2.83. The number of ether oxygens (including phenoxy) is 1. The lowest BCUT2D eigenvalue weighted by Gasteiger charge is -2.33. The molecule has 3 aromatic carbocycles. The quantitative estimate of drug-likeness (QED) is 0.248. The molecule has 1 saturated carbocycles. The lowest BCUT2D eigenvalue weighted by molar-refractivity contribution is -0.123. The summed E-state index contributed by atoms with van der Waals surface area (Å²) in [5.41, 5.74) is 1.80. The number of para-hydroxylation sites is 1. The maximum Gasteiger partial charge on any atom is 0.252 e. The lowest BCUT2D eigenvalue weighted by Crippen LogP contribution is -2.53. The Bertz CT molecular complexity index is 1260. The minimum Gasteiger partial charge on any atom is -0.457 e. The van der Waals surface area contributed by atoms with Crippen molar-refractivity contribution in [2.75, 3.05) is 24.6 Å². The summed E-state index contributed by atoms with van der Waals surface area (Å²) in [5.74, 6) is 3.27. The Labute approximate surface area is 254 Å². The Kier molecular flexibility index (Phi) is 11.4. The van der Waals surface area contributed by atoms with Crippen LogP contribution in [0.2, 0.25) is 0 Å². The first kappa shape index (κ1) is 30.2. The standard InChI is InChI=1S/C35H43N3O3S/c39-34(29-15-10-18-32(23-29)41-31-16-8-3-9-17-31)37-33(26-42-25-28-13-6-2-7-14-28)35(40)36-30-19-21-38(22-20-30)24-27-11-4-1-5-12-27/h1,3-5,8-12,15-18,23,28,30,33H,2,6-7,13-14,19-22,24-26H2,(H,36,40)(H,37,39). The van der Waals surface area contributed by atoms with Gasteiger partial charge in [0.1, 0.15) is 17.5 Å². The molecule has 0 bridgehead atoms. The third-order valence-electron chi connectivity index (χ3n) is 8.24. The number of hydrogen-bond donors (Lipinski definition) is 2. The zero-order chi connectivity index (χ0) is 29.0. The molecule has 3 aromatic rings. The highest BCUT2D eigenvalue weighted by Crippen LogP contribution is 2.27. The zero-order valence-electron chi connectivity index (χ0n) is 24.4. The molecule has 6 nitrogen and oxygen atoms in total. The molecule has 1 atom stereocenters. The smallest absolute Gasteiger partial charge is 0.252 e. The molecule has 1 saturated heterocycles. The minimum atomic E-state index is -0.591. The average molecular weight is 586 g/mol. The van der Waals surface area contributed by atoms with Crippen LogP contribution in [0.1, 0.15) is 60.9 Å². The Morgan fingerprint density at radius 1 is 0.833 bits per heavy atom. The molecule has 0 radical (unpaired) electrons. The van der Waals surface area contributed by atoms with Gasteiger partial charge in [-0.3, -0.25) is 14.5 Å². The van der Waals surface area contributed by atoms with Crippen molar-refractivity contribution >= 4 is 23.6 Å². The highest BCUT2D eigenvalue weighted by Gasteiger charge is 2.27. The Balaban J connectivity index is 1.17. The van der Waals surface area contributed by atoms with Crippen molar-refractivity contribution in [3.63, 3.8) is 0 Å². The van der Waals surface area contributed by atoms with Gasteiger partial charge >= 0.3 is 0 Å². The van der Waals surface area contributed by atoms with Gasteiger partial charge in [-0.05, 0) is 73.2 Å². The second-order valence-electron chi connectivity index (χ2n) is 11.6. The number of rotatable bonds is 12. The van der Waals surface area contributed by atoms with Crippen molar-refractivity contribution in [1.82, 2.24) is 15.5 Å². The Hall–Kier alpha value is -3.29. The van der Waals surface area contributed by atoms with Gasteiger partial charge in [0, 0.05) is 37.0 Å². The van der Waals surface area contributed by atoms with Crippen molar-refractivity contribution in [3.8, 4) is 11.5 Å². The van der Waals surface area contributed by atoms with Gasteiger partial charge in [0.15, 0.2) is 0 Å². The Morgan fingerprint density at radius 3 is 2.26 bits per heavy atom. The number of benzene rings is 3. The zero-order valence-corrected chi connectivity index (χ0v) is 25.2. The number of nitrogens with zero attached hydrogens (tertiary/aromatic N) is 1. The Morgan fingerprint density at radius 2 is 1.52 bits per heavy atom. The maximum atomic E-state index is 13.6. The van der Waals surface area contributed by atoms with Crippen LogP contribution >= 0.6 is 11.8 Å². The summed E-state index contributed by atoms with van der Waals surface area (Å²) in [6.07, 6.45) is 8.30. The third kappa shape index (κ3) is 9.36. The molecule has 2 N–H and O–H groups in total. The van der Waals surface area contributed by atoms with Crippen molar-refractivity contribution in [2.24, 2.45) is 5.92 Å². The van der Waals surface area contributed by atoms with Crippen LogP contribution in [0.25, 0.3) is 0 Å². The number of hydrogen-bond acceptors (Lipinski definition) is 5. The van der Waals surface area contributed by atoms with E-state index in [2.05, 4.69) is 39.8 Å². The van der Waals surface area contributed by atoms with E-state index in [9.17, 15) is 9.59 Å². The van der Waals surface area contributed by atoms with E-state index in [1.54, 1.807) is 23.9 Å². The van der Waals surface area contributed by atoms with E-state index in [4.69, 9.17) is 4.74 Å². The van der Waals surface area contributed by atoms with E-state index >= 15 is 0 Å². The largest absolute Gasteiger partial charge is 0.457 e. The van der Waals surface area contributed by atoms with Gasteiger partial charge in [-0.2, -0.15) is 11.8 Å². The van der Waals surface area contributed by atoms with Crippen molar-refractivity contribution in [1.29, 1.82) is 0 Å². The molecule has 0 spiro atoms. The predicted octanol–water partition coefficient (Wildman–Crippen LogP) is 6.67. The summed E-state index contributed by atoms with van der Waals surface area (Å²) in [7, 11) is 0. The third-order valence-corrected chi connectivity index (χ3v) is 9.52. The summed E-state index contributed by atoms with van der Waals surface area (Å²) in [6, 6.07) is 26.7. The van der Waals surface area contributed by atoms with Gasteiger partial charge < -0.3 is 15.4 Å². The first-order valence-electron chi connectivity index (χ1n) is 15.4. The van der Waals surface area contributed by atoms with E-state index in [1.165, 1.54) is 37.7 Å². The van der Waals surface area contributed by atoms with Gasteiger partial charge in [-0.1, -0.05) is 73.9 Å². The van der Waals surface area contributed by atoms with Crippen LogP contribution < -0.4 is 15.4 Å². The van der Waals surface area contributed by atoms with E-state index in [1.807, 2.05) is 48.5 Å².